The Morgan fingerprint density at radius 3 is 2.80 bits per heavy atom. The highest BCUT2D eigenvalue weighted by molar-refractivity contribution is 5.94. The topological polar surface area (TPSA) is 132 Å². The number of fused-ring (bicyclic) bond motifs is 1. The maximum Gasteiger partial charge on any atom is 0.330 e. The van der Waals surface area contributed by atoms with Gasteiger partial charge in [-0.3, -0.25) is 13.9 Å². The number of hydrogen-bond donors (Lipinski definition) is 2. The number of aromatic nitrogens is 4. The monoisotopic (exact) mass is 409 g/mol. The first-order valence-electron chi connectivity index (χ1n) is 9.58. The van der Waals surface area contributed by atoms with Gasteiger partial charge in [0.1, 0.15) is 11.3 Å². The van der Waals surface area contributed by atoms with Crippen molar-refractivity contribution in [3.63, 3.8) is 0 Å². The van der Waals surface area contributed by atoms with E-state index in [0.717, 1.165) is 6.07 Å². The molecule has 0 spiro atoms. The molecule has 1 aliphatic rings. The van der Waals surface area contributed by atoms with Crippen molar-refractivity contribution in [1.29, 1.82) is 5.26 Å². The van der Waals surface area contributed by atoms with Gasteiger partial charge in [0.15, 0.2) is 5.65 Å². The third-order valence-corrected chi connectivity index (χ3v) is 5.51. The number of nitrogens with one attached hydrogen (secondary N) is 1. The van der Waals surface area contributed by atoms with E-state index in [-0.39, 0.29) is 29.2 Å². The Hall–Kier alpha value is -3.74. The number of benzene rings is 1. The van der Waals surface area contributed by atoms with E-state index in [0.29, 0.717) is 41.8 Å². The maximum absolute atomic E-state index is 14.2. The van der Waals surface area contributed by atoms with Gasteiger partial charge in [-0.25, -0.2) is 14.2 Å². The van der Waals surface area contributed by atoms with Crippen molar-refractivity contribution in [1.82, 2.24) is 19.1 Å². The molecule has 0 aliphatic heterocycles. The first-order chi connectivity index (χ1) is 14.3. The Kier molecular flexibility index (Phi) is 4.73. The fraction of sp³-hybridized carbons (Fsp3) is 0.350. The summed E-state index contributed by atoms with van der Waals surface area (Å²) in [7, 11) is 0. The molecule has 10 heteroatoms. The number of halogens is 1. The van der Waals surface area contributed by atoms with Crippen LogP contribution in [0.4, 0.5) is 16.0 Å². The summed E-state index contributed by atoms with van der Waals surface area (Å²) in [5.74, 6) is -1.46. The average molecular weight is 409 g/mol. The van der Waals surface area contributed by atoms with Crippen LogP contribution in [0.2, 0.25) is 0 Å². The van der Waals surface area contributed by atoms with Crippen LogP contribution < -0.4 is 16.7 Å². The van der Waals surface area contributed by atoms with Crippen LogP contribution in [0.15, 0.2) is 23.1 Å². The van der Waals surface area contributed by atoms with Crippen molar-refractivity contribution >= 4 is 28.7 Å². The van der Waals surface area contributed by atoms with Crippen molar-refractivity contribution < 1.29 is 9.18 Å². The third-order valence-electron chi connectivity index (χ3n) is 5.51. The fourth-order valence-electron chi connectivity index (χ4n) is 3.78. The molecule has 1 saturated carbocycles. The van der Waals surface area contributed by atoms with E-state index in [1.807, 2.05) is 6.92 Å². The number of imidazole rings is 1. The fourth-order valence-corrected chi connectivity index (χ4v) is 3.78. The van der Waals surface area contributed by atoms with Crippen LogP contribution in [0.25, 0.3) is 11.2 Å². The Labute approximate surface area is 171 Å². The number of carbonyl (C=O) groups is 1. The second kappa shape index (κ2) is 7.26. The largest absolute Gasteiger partial charge is 0.366 e. The number of nitrogens with two attached hydrogens (primary N) is 1. The SMILES string of the molecule is CCn1c(=O)n([C@H]2C[C@@H](C#N)C2)c2nc(Nc3cc(F)c(C(N)=O)cc3C)ncc21. The maximum atomic E-state index is 14.2. The van der Waals surface area contributed by atoms with Crippen LogP contribution in [0.1, 0.15) is 41.7 Å². The molecule has 0 radical (unpaired) electrons. The standard InChI is InChI=1S/C20H20FN7O2/c1-3-27-16-9-24-19(25-15-7-14(21)13(17(23)29)4-10(15)2)26-18(16)28(20(27)30)12-5-11(6-12)8-22/h4,7,9,11-12H,3,5-6H2,1-2H3,(H2,23,29)(H,24,25,26)/t11-,12+. The molecule has 3 aromatic rings. The van der Waals surface area contributed by atoms with Crippen LogP contribution in [-0.4, -0.2) is 25.0 Å². The minimum atomic E-state index is -0.846. The Bertz CT molecular complexity index is 1260. The van der Waals surface area contributed by atoms with Gasteiger partial charge in [-0.05, 0) is 44.4 Å². The molecule has 0 unspecified atom stereocenters. The molecular formula is C20H20FN7O2. The first kappa shape index (κ1) is 19.6. The Morgan fingerprint density at radius 2 is 2.17 bits per heavy atom. The van der Waals surface area contributed by atoms with Crippen molar-refractivity contribution in [3.05, 3.63) is 45.8 Å². The number of anilines is 2. The molecule has 30 heavy (non-hydrogen) atoms. The van der Waals surface area contributed by atoms with Gasteiger partial charge in [-0.1, -0.05) is 0 Å². The van der Waals surface area contributed by atoms with Crippen molar-refractivity contribution in [2.45, 2.75) is 39.3 Å². The molecule has 1 aliphatic carbocycles. The van der Waals surface area contributed by atoms with E-state index in [2.05, 4.69) is 21.4 Å². The Balaban J connectivity index is 1.75. The molecule has 1 amide bonds. The molecule has 2 heterocycles. The summed E-state index contributed by atoms with van der Waals surface area (Å²) in [4.78, 5) is 33.0. The molecular weight excluding hydrogens is 389 g/mol. The lowest BCUT2D eigenvalue weighted by molar-refractivity contribution is 0.0996. The number of nitriles is 1. The zero-order valence-corrected chi connectivity index (χ0v) is 16.5. The minimum absolute atomic E-state index is 0.0595. The van der Waals surface area contributed by atoms with Gasteiger partial charge < -0.3 is 11.1 Å². The zero-order valence-electron chi connectivity index (χ0n) is 16.5. The predicted molar refractivity (Wildman–Crippen MR) is 108 cm³/mol. The number of hydrogen-bond acceptors (Lipinski definition) is 6. The molecule has 1 fully saturated rings. The summed E-state index contributed by atoms with van der Waals surface area (Å²) >= 11 is 0. The number of primary amides is 1. The van der Waals surface area contributed by atoms with E-state index in [4.69, 9.17) is 11.0 Å². The molecule has 154 valence electrons. The molecule has 0 atom stereocenters. The highest BCUT2D eigenvalue weighted by Crippen LogP contribution is 2.38. The first-order valence-corrected chi connectivity index (χ1v) is 9.58. The van der Waals surface area contributed by atoms with Gasteiger partial charge in [-0.15, -0.1) is 0 Å². The van der Waals surface area contributed by atoms with Crippen molar-refractivity contribution in [3.8, 4) is 6.07 Å². The van der Waals surface area contributed by atoms with Crippen LogP contribution >= 0.6 is 0 Å². The third kappa shape index (κ3) is 3.08. The number of rotatable bonds is 5. The molecule has 0 bridgehead atoms. The molecule has 3 N–H and O–H groups in total. The predicted octanol–water partition coefficient (Wildman–Crippen LogP) is 2.38. The van der Waals surface area contributed by atoms with Gasteiger partial charge in [0.2, 0.25) is 5.95 Å². The van der Waals surface area contributed by atoms with Crippen molar-refractivity contribution in [2.24, 2.45) is 11.7 Å². The van der Waals surface area contributed by atoms with Crippen LogP contribution in [0, 0.1) is 30.0 Å². The van der Waals surface area contributed by atoms with Gasteiger partial charge >= 0.3 is 5.69 Å². The lowest BCUT2D eigenvalue weighted by Gasteiger charge is -2.31. The summed E-state index contributed by atoms with van der Waals surface area (Å²) in [6.07, 6.45) is 2.76. The number of carbonyl (C=O) groups excluding carboxylic acids is 1. The van der Waals surface area contributed by atoms with Crippen molar-refractivity contribution in [2.75, 3.05) is 5.32 Å². The molecule has 9 nitrogen and oxygen atoms in total. The van der Waals surface area contributed by atoms with Crippen LogP contribution in [0.3, 0.4) is 0 Å². The second-order valence-corrected chi connectivity index (χ2v) is 7.39. The summed E-state index contributed by atoms with van der Waals surface area (Å²) in [5, 5.41) is 12.0. The molecule has 1 aromatic carbocycles. The van der Waals surface area contributed by atoms with E-state index >= 15 is 0 Å². The number of amides is 1. The number of nitrogens with zero attached hydrogens (tertiary/aromatic N) is 5. The normalized spacial score (nSPS) is 18.1. The zero-order chi connectivity index (χ0) is 21.6. The Morgan fingerprint density at radius 1 is 1.43 bits per heavy atom. The average Bonchev–Trinajstić information content (AvgIpc) is 2.94. The minimum Gasteiger partial charge on any atom is -0.366 e. The van der Waals surface area contributed by atoms with E-state index < -0.39 is 11.7 Å². The lowest BCUT2D eigenvalue weighted by Crippen LogP contribution is -2.34. The van der Waals surface area contributed by atoms with Crippen LogP contribution in [-0.2, 0) is 6.54 Å². The molecule has 2 aromatic heterocycles. The van der Waals surface area contributed by atoms with Gasteiger partial charge in [-0.2, -0.15) is 10.2 Å². The van der Waals surface area contributed by atoms with Crippen LogP contribution in [0.5, 0.6) is 0 Å². The highest BCUT2D eigenvalue weighted by atomic mass is 19.1. The number of aryl methyl sites for hydroxylation is 2. The summed E-state index contributed by atoms with van der Waals surface area (Å²) in [5.41, 5.74) is 6.84. The lowest BCUT2D eigenvalue weighted by atomic mass is 9.81. The van der Waals surface area contributed by atoms with E-state index in [9.17, 15) is 14.0 Å². The van der Waals surface area contributed by atoms with E-state index in [1.54, 1.807) is 22.3 Å². The smallest absolute Gasteiger partial charge is 0.330 e. The summed E-state index contributed by atoms with van der Waals surface area (Å²) in [6.45, 7) is 4.03. The second-order valence-electron chi connectivity index (χ2n) is 7.39. The van der Waals surface area contributed by atoms with Gasteiger partial charge in [0.05, 0.1) is 23.7 Å². The molecule has 4 rings (SSSR count). The highest BCUT2D eigenvalue weighted by Gasteiger charge is 2.34. The summed E-state index contributed by atoms with van der Waals surface area (Å²) in [6, 6.07) is 4.66. The quantitative estimate of drug-likeness (QED) is 0.665. The van der Waals surface area contributed by atoms with E-state index in [1.165, 1.54) is 6.07 Å². The summed E-state index contributed by atoms with van der Waals surface area (Å²) < 4.78 is 17.4. The van der Waals surface area contributed by atoms with Gasteiger partial charge in [0.25, 0.3) is 5.91 Å². The molecule has 0 saturated heterocycles. The van der Waals surface area contributed by atoms with Gasteiger partial charge in [0, 0.05) is 18.3 Å².